The van der Waals surface area contributed by atoms with Crippen LogP contribution in [-0.4, -0.2) is 10.1 Å². The van der Waals surface area contributed by atoms with Gasteiger partial charge in [0.25, 0.3) is 0 Å². The fourth-order valence-corrected chi connectivity index (χ4v) is 3.62. The van der Waals surface area contributed by atoms with Gasteiger partial charge in [0.05, 0.1) is 0 Å². The maximum Gasteiger partial charge on any atom is 0.118 e. The molecule has 1 aromatic heterocycles. The molecule has 1 heterocycles. The van der Waals surface area contributed by atoms with E-state index in [1.165, 1.54) is 5.56 Å². The zero-order valence-corrected chi connectivity index (χ0v) is 12.8. The highest BCUT2D eigenvalue weighted by Crippen LogP contribution is 2.58. The van der Waals surface area contributed by atoms with Crippen LogP contribution in [0.4, 0.5) is 0 Å². The van der Waals surface area contributed by atoms with Crippen LogP contribution in [0.5, 0.6) is 0 Å². The zero-order chi connectivity index (χ0) is 15.7. The van der Waals surface area contributed by atoms with Gasteiger partial charge < -0.3 is 5.11 Å². The summed E-state index contributed by atoms with van der Waals surface area (Å²) in [6.07, 6.45) is 4.65. The lowest BCUT2D eigenvalue weighted by Gasteiger charge is -2.30. The van der Waals surface area contributed by atoms with Crippen LogP contribution in [0.2, 0.25) is 0 Å². The number of nitrogens with zero attached hydrogens (tertiary/aromatic N) is 1. The molecule has 0 spiro atoms. The fraction of sp³-hybridized carbons (Fsp3) is 0.190. The summed E-state index contributed by atoms with van der Waals surface area (Å²) < 4.78 is 0. The molecule has 2 heteroatoms. The highest BCUT2D eigenvalue weighted by Gasteiger charge is 2.54. The maximum absolute atomic E-state index is 11.7. The van der Waals surface area contributed by atoms with Gasteiger partial charge in [0.15, 0.2) is 0 Å². The van der Waals surface area contributed by atoms with Gasteiger partial charge in [0.1, 0.15) is 5.60 Å². The molecule has 0 unspecified atom stereocenters. The summed E-state index contributed by atoms with van der Waals surface area (Å²) >= 11 is 0. The van der Waals surface area contributed by atoms with Crippen LogP contribution < -0.4 is 0 Å². The predicted molar refractivity (Wildman–Crippen MR) is 91.0 cm³/mol. The number of hydrogen-bond acceptors (Lipinski definition) is 2. The van der Waals surface area contributed by atoms with Gasteiger partial charge in [-0.3, -0.25) is 4.98 Å². The van der Waals surface area contributed by atoms with E-state index in [-0.39, 0.29) is 5.92 Å². The van der Waals surface area contributed by atoms with E-state index in [1.54, 1.807) is 0 Å². The summed E-state index contributed by atoms with van der Waals surface area (Å²) in [6, 6.07) is 24.2. The Morgan fingerprint density at radius 3 is 1.83 bits per heavy atom. The average Bonchev–Trinajstić information content (AvgIpc) is 3.45. The predicted octanol–water partition coefficient (Wildman–Crippen LogP) is 4.12. The molecule has 0 bridgehead atoms. The van der Waals surface area contributed by atoms with Crippen molar-refractivity contribution in [3.8, 4) is 0 Å². The van der Waals surface area contributed by atoms with Crippen molar-refractivity contribution < 1.29 is 5.11 Å². The molecule has 2 atom stereocenters. The molecule has 3 aromatic rings. The third kappa shape index (κ3) is 2.45. The molecule has 1 saturated carbocycles. The summed E-state index contributed by atoms with van der Waals surface area (Å²) in [5.41, 5.74) is 2.24. The van der Waals surface area contributed by atoms with E-state index < -0.39 is 5.60 Å². The number of aliphatic hydroxyl groups is 1. The van der Waals surface area contributed by atoms with Gasteiger partial charge in [-0.05, 0) is 41.2 Å². The Hall–Kier alpha value is -2.45. The van der Waals surface area contributed by atoms with E-state index in [1.807, 2.05) is 73.1 Å². The molecule has 2 aromatic carbocycles. The molecule has 0 amide bonds. The van der Waals surface area contributed by atoms with Crippen LogP contribution in [-0.2, 0) is 5.60 Å². The van der Waals surface area contributed by atoms with Gasteiger partial charge >= 0.3 is 0 Å². The summed E-state index contributed by atoms with van der Waals surface area (Å²) in [5, 5.41) is 11.7. The number of hydrogen-bond donors (Lipinski definition) is 1. The Balaban J connectivity index is 1.76. The van der Waals surface area contributed by atoms with Crippen molar-refractivity contribution in [3.63, 3.8) is 0 Å². The van der Waals surface area contributed by atoms with E-state index >= 15 is 0 Å². The lowest BCUT2D eigenvalue weighted by molar-refractivity contribution is 0.0542. The highest BCUT2D eigenvalue weighted by molar-refractivity contribution is 5.41. The standard InChI is InChI=1S/C21H19NO/c23-21(17-7-3-1-4-8-17,18-9-5-2-6-10-18)20-15-19(20)16-11-13-22-14-12-16/h1-14,19-20,23H,15H2/t19-,20-/m0/s1. The minimum atomic E-state index is -0.948. The largest absolute Gasteiger partial charge is 0.380 e. The summed E-state index contributed by atoms with van der Waals surface area (Å²) in [4.78, 5) is 4.10. The molecule has 1 N–H and O–H groups in total. The number of benzene rings is 2. The highest BCUT2D eigenvalue weighted by atomic mass is 16.3. The Bertz CT molecular complexity index is 731. The topological polar surface area (TPSA) is 33.1 Å². The first kappa shape index (κ1) is 14.2. The van der Waals surface area contributed by atoms with E-state index in [0.29, 0.717) is 5.92 Å². The third-order valence-electron chi connectivity index (χ3n) is 4.89. The van der Waals surface area contributed by atoms with Gasteiger partial charge in [-0.1, -0.05) is 60.7 Å². The Morgan fingerprint density at radius 1 is 0.783 bits per heavy atom. The summed E-state index contributed by atoms with van der Waals surface area (Å²) in [6.45, 7) is 0. The Morgan fingerprint density at radius 2 is 1.30 bits per heavy atom. The van der Waals surface area contributed by atoms with Gasteiger partial charge in [-0.15, -0.1) is 0 Å². The van der Waals surface area contributed by atoms with Crippen molar-refractivity contribution in [2.45, 2.75) is 17.9 Å². The maximum atomic E-state index is 11.7. The van der Waals surface area contributed by atoms with Crippen LogP contribution in [0.1, 0.15) is 29.0 Å². The molecule has 0 radical (unpaired) electrons. The molecule has 1 aliphatic carbocycles. The molecule has 1 aliphatic rings. The zero-order valence-electron chi connectivity index (χ0n) is 12.8. The first-order valence-electron chi connectivity index (χ1n) is 8.03. The Labute approximate surface area is 136 Å². The van der Waals surface area contributed by atoms with Crippen LogP contribution in [0.25, 0.3) is 0 Å². The fourth-order valence-electron chi connectivity index (χ4n) is 3.62. The SMILES string of the molecule is OC(c1ccccc1)(c1ccccc1)[C@H]1C[C@H]1c1ccncc1. The molecule has 2 nitrogen and oxygen atoms in total. The van der Waals surface area contributed by atoms with Gasteiger partial charge in [0, 0.05) is 18.3 Å². The number of aromatic nitrogens is 1. The number of pyridine rings is 1. The number of rotatable bonds is 4. The van der Waals surface area contributed by atoms with Crippen molar-refractivity contribution in [3.05, 3.63) is 102 Å². The quantitative estimate of drug-likeness (QED) is 0.786. The van der Waals surface area contributed by atoms with E-state index in [4.69, 9.17) is 0 Å². The Kier molecular flexibility index (Phi) is 3.47. The molecule has 4 rings (SSSR count). The minimum absolute atomic E-state index is 0.190. The first-order chi connectivity index (χ1) is 11.3. The monoisotopic (exact) mass is 301 g/mol. The average molecular weight is 301 g/mol. The van der Waals surface area contributed by atoms with E-state index in [0.717, 1.165) is 17.5 Å². The van der Waals surface area contributed by atoms with E-state index in [9.17, 15) is 5.11 Å². The van der Waals surface area contributed by atoms with Crippen LogP contribution >= 0.6 is 0 Å². The molecule has 114 valence electrons. The van der Waals surface area contributed by atoms with Gasteiger partial charge in [0.2, 0.25) is 0 Å². The lowest BCUT2D eigenvalue weighted by atomic mass is 9.81. The van der Waals surface area contributed by atoms with Gasteiger partial charge in [-0.25, -0.2) is 0 Å². The van der Waals surface area contributed by atoms with Crippen molar-refractivity contribution in [2.75, 3.05) is 0 Å². The molecule has 1 fully saturated rings. The molecule has 0 saturated heterocycles. The molecular formula is C21H19NO. The lowest BCUT2D eigenvalue weighted by Crippen LogP contribution is -2.30. The summed E-state index contributed by atoms with van der Waals surface area (Å²) in [7, 11) is 0. The molecule has 23 heavy (non-hydrogen) atoms. The van der Waals surface area contributed by atoms with Crippen LogP contribution in [0.15, 0.2) is 85.2 Å². The van der Waals surface area contributed by atoms with Crippen molar-refractivity contribution >= 4 is 0 Å². The first-order valence-corrected chi connectivity index (χ1v) is 8.03. The second-order valence-electron chi connectivity index (χ2n) is 6.23. The third-order valence-corrected chi connectivity index (χ3v) is 4.89. The van der Waals surface area contributed by atoms with Crippen molar-refractivity contribution in [1.29, 1.82) is 0 Å². The normalized spacial score (nSPS) is 20.2. The van der Waals surface area contributed by atoms with E-state index in [2.05, 4.69) is 17.1 Å². The van der Waals surface area contributed by atoms with Gasteiger partial charge in [-0.2, -0.15) is 0 Å². The minimum Gasteiger partial charge on any atom is -0.380 e. The smallest absolute Gasteiger partial charge is 0.118 e. The molecular weight excluding hydrogens is 282 g/mol. The molecule has 0 aliphatic heterocycles. The van der Waals surface area contributed by atoms with Crippen LogP contribution in [0.3, 0.4) is 0 Å². The second-order valence-corrected chi connectivity index (χ2v) is 6.23. The summed E-state index contributed by atoms with van der Waals surface area (Å²) in [5.74, 6) is 0.568. The van der Waals surface area contributed by atoms with Crippen molar-refractivity contribution in [2.24, 2.45) is 5.92 Å². The van der Waals surface area contributed by atoms with Crippen LogP contribution in [0, 0.1) is 5.92 Å². The second kappa shape index (κ2) is 5.64. The van der Waals surface area contributed by atoms with Crippen molar-refractivity contribution in [1.82, 2.24) is 4.98 Å².